The van der Waals surface area contributed by atoms with Crippen molar-refractivity contribution in [2.24, 2.45) is 5.92 Å². The van der Waals surface area contributed by atoms with Crippen LogP contribution >= 0.6 is 0 Å². The van der Waals surface area contributed by atoms with Crippen molar-refractivity contribution in [3.8, 4) is 0 Å². The number of rotatable bonds is 5. The van der Waals surface area contributed by atoms with Crippen molar-refractivity contribution in [1.82, 2.24) is 9.97 Å². The summed E-state index contributed by atoms with van der Waals surface area (Å²) in [5.74, 6) is 2.21. The van der Waals surface area contributed by atoms with Crippen molar-refractivity contribution in [2.45, 2.75) is 27.4 Å². The van der Waals surface area contributed by atoms with Crippen molar-refractivity contribution >= 4 is 5.82 Å². The zero-order chi connectivity index (χ0) is 11.3. The first-order valence-corrected chi connectivity index (χ1v) is 5.19. The van der Waals surface area contributed by atoms with Gasteiger partial charge in [-0.2, -0.15) is 0 Å². The molecule has 0 saturated carbocycles. The second-order valence-electron chi connectivity index (χ2n) is 4.02. The van der Waals surface area contributed by atoms with Crippen LogP contribution in [0.4, 0.5) is 5.82 Å². The van der Waals surface area contributed by atoms with Gasteiger partial charge in [0, 0.05) is 25.4 Å². The van der Waals surface area contributed by atoms with Crippen LogP contribution in [0.15, 0.2) is 6.07 Å². The van der Waals surface area contributed by atoms with Gasteiger partial charge in [0.25, 0.3) is 0 Å². The molecule has 0 radical (unpaired) electrons. The fourth-order valence-corrected chi connectivity index (χ4v) is 1.22. The highest BCUT2D eigenvalue weighted by molar-refractivity contribution is 5.35. The summed E-state index contributed by atoms with van der Waals surface area (Å²) >= 11 is 0. The van der Waals surface area contributed by atoms with E-state index in [-0.39, 0.29) is 0 Å². The number of aryl methyl sites for hydroxylation is 1. The van der Waals surface area contributed by atoms with Gasteiger partial charge in [-0.25, -0.2) is 9.97 Å². The van der Waals surface area contributed by atoms with Crippen LogP contribution in [0.25, 0.3) is 0 Å². The van der Waals surface area contributed by atoms with Crippen LogP contribution in [0.5, 0.6) is 0 Å². The third-order valence-electron chi connectivity index (χ3n) is 1.87. The van der Waals surface area contributed by atoms with Crippen LogP contribution in [0.1, 0.15) is 25.4 Å². The Morgan fingerprint density at radius 3 is 2.73 bits per heavy atom. The molecule has 0 aromatic carbocycles. The van der Waals surface area contributed by atoms with Gasteiger partial charge in [0.05, 0.1) is 0 Å². The van der Waals surface area contributed by atoms with E-state index in [4.69, 9.17) is 4.74 Å². The Morgan fingerprint density at radius 2 is 2.13 bits per heavy atom. The first-order valence-electron chi connectivity index (χ1n) is 5.19. The van der Waals surface area contributed by atoms with E-state index in [1.807, 2.05) is 13.0 Å². The van der Waals surface area contributed by atoms with Crippen molar-refractivity contribution in [3.05, 3.63) is 17.6 Å². The van der Waals surface area contributed by atoms with Gasteiger partial charge in [-0.3, -0.25) is 0 Å². The molecule has 4 nitrogen and oxygen atoms in total. The van der Waals surface area contributed by atoms with E-state index in [1.165, 1.54) is 0 Å². The lowest BCUT2D eigenvalue weighted by Gasteiger charge is -2.09. The van der Waals surface area contributed by atoms with E-state index < -0.39 is 0 Å². The highest BCUT2D eigenvalue weighted by atomic mass is 16.5. The zero-order valence-corrected chi connectivity index (χ0v) is 9.87. The molecule has 0 amide bonds. The molecule has 0 fully saturated rings. The maximum Gasteiger partial charge on any atom is 0.156 e. The quantitative estimate of drug-likeness (QED) is 0.805. The van der Waals surface area contributed by atoms with Gasteiger partial charge < -0.3 is 10.1 Å². The summed E-state index contributed by atoms with van der Waals surface area (Å²) in [6.45, 7) is 7.66. The number of hydrogen-bond donors (Lipinski definition) is 1. The fraction of sp³-hybridized carbons (Fsp3) is 0.636. The number of hydrogen-bond acceptors (Lipinski definition) is 4. The largest absolute Gasteiger partial charge is 0.377 e. The Bertz CT molecular complexity index is 313. The summed E-state index contributed by atoms with van der Waals surface area (Å²) in [5.41, 5.74) is 0.961. The normalized spacial score (nSPS) is 10.7. The third-order valence-corrected chi connectivity index (χ3v) is 1.87. The monoisotopic (exact) mass is 209 g/mol. The minimum absolute atomic E-state index is 0.456. The first-order chi connectivity index (χ1) is 7.11. The maximum atomic E-state index is 5.01. The molecule has 0 bridgehead atoms. The first kappa shape index (κ1) is 11.9. The number of nitrogens with one attached hydrogen (secondary N) is 1. The molecule has 1 aromatic rings. The third kappa shape index (κ3) is 4.25. The van der Waals surface area contributed by atoms with E-state index in [0.717, 1.165) is 23.9 Å². The van der Waals surface area contributed by atoms with Crippen molar-refractivity contribution in [1.29, 1.82) is 0 Å². The summed E-state index contributed by atoms with van der Waals surface area (Å²) in [6.07, 6.45) is 0. The summed E-state index contributed by atoms with van der Waals surface area (Å²) in [7, 11) is 1.65. The standard InChI is InChI=1S/C11H19N3O/c1-8(2)6-12-10-5-9(3)13-11(14-10)7-15-4/h5,8H,6-7H2,1-4H3,(H,12,13,14). The molecule has 0 aliphatic rings. The van der Waals surface area contributed by atoms with Gasteiger partial charge in [0.2, 0.25) is 0 Å². The molecule has 1 heterocycles. The highest BCUT2D eigenvalue weighted by Crippen LogP contribution is 2.07. The van der Waals surface area contributed by atoms with Crippen LogP contribution in [0, 0.1) is 12.8 Å². The molecule has 84 valence electrons. The van der Waals surface area contributed by atoms with Gasteiger partial charge in [-0.1, -0.05) is 13.8 Å². The van der Waals surface area contributed by atoms with Gasteiger partial charge in [0.15, 0.2) is 5.82 Å². The second kappa shape index (κ2) is 5.66. The lowest BCUT2D eigenvalue weighted by atomic mass is 10.2. The van der Waals surface area contributed by atoms with Crippen LogP contribution in [-0.2, 0) is 11.3 Å². The molecule has 4 heteroatoms. The second-order valence-corrected chi connectivity index (χ2v) is 4.02. The van der Waals surface area contributed by atoms with Crippen molar-refractivity contribution in [2.75, 3.05) is 19.0 Å². The van der Waals surface area contributed by atoms with E-state index in [9.17, 15) is 0 Å². The summed E-state index contributed by atoms with van der Waals surface area (Å²) < 4.78 is 5.01. The number of methoxy groups -OCH3 is 1. The molecular weight excluding hydrogens is 190 g/mol. The highest BCUT2D eigenvalue weighted by Gasteiger charge is 2.02. The van der Waals surface area contributed by atoms with Gasteiger partial charge in [0.1, 0.15) is 12.4 Å². The molecule has 1 N–H and O–H groups in total. The number of nitrogens with zero attached hydrogens (tertiary/aromatic N) is 2. The van der Waals surface area contributed by atoms with Gasteiger partial charge in [-0.15, -0.1) is 0 Å². The molecule has 15 heavy (non-hydrogen) atoms. The minimum atomic E-state index is 0.456. The predicted octanol–water partition coefficient (Wildman–Crippen LogP) is 2.00. The van der Waals surface area contributed by atoms with Crippen LogP contribution in [-0.4, -0.2) is 23.6 Å². The summed E-state index contributed by atoms with van der Waals surface area (Å²) in [5, 5.41) is 3.28. The molecule has 0 unspecified atom stereocenters. The van der Waals surface area contributed by atoms with Crippen molar-refractivity contribution in [3.63, 3.8) is 0 Å². The maximum absolute atomic E-state index is 5.01. The smallest absolute Gasteiger partial charge is 0.156 e. The molecule has 1 aromatic heterocycles. The molecule has 0 atom stereocenters. The Hall–Kier alpha value is -1.16. The van der Waals surface area contributed by atoms with Crippen LogP contribution in [0.3, 0.4) is 0 Å². The average Bonchev–Trinajstić information content (AvgIpc) is 2.14. The predicted molar refractivity (Wildman–Crippen MR) is 60.8 cm³/mol. The topological polar surface area (TPSA) is 47.0 Å². The van der Waals surface area contributed by atoms with Crippen LogP contribution < -0.4 is 5.32 Å². The molecule has 0 spiro atoms. The Morgan fingerprint density at radius 1 is 1.40 bits per heavy atom. The van der Waals surface area contributed by atoms with Gasteiger partial charge >= 0.3 is 0 Å². The fourth-order valence-electron chi connectivity index (χ4n) is 1.22. The van der Waals surface area contributed by atoms with Crippen LogP contribution in [0.2, 0.25) is 0 Å². The van der Waals surface area contributed by atoms with E-state index in [2.05, 4.69) is 29.1 Å². The zero-order valence-electron chi connectivity index (χ0n) is 9.87. The lowest BCUT2D eigenvalue weighted by Crippen LogP contribution is -2.11. The molecule has 0 aliphatic carbocycles. The Labute approximate surface area is 91.1 Å². The minimum Gasteiger partial charge on any atom is -0.377 e. The molecule has 0 saturated heterocycles. The Kier molecular flexibility index (Phi) is 4.49. The summed E-state index contributed by atoms with van der Waals surface area (Å²) in [6, 6.07) is 1.95. The summed E-state index contributed by atoms with van der Waals surface area (Å²) in [4.78, 5) is 8.62. The van der Waals surface area contributed by atoms with E-state index in [1.54, 1.807) is 7.11 Å². The molecular formula is C11H19N3O. The van der Waals surface area contributed by atoms with Gasteiger partial charge in [-0.05, 0) is 12.8 Å². The average molecular weight is 209 g/mol. The molecule has 1 rings (SSSR count). The van der Waals surface area contributed by atoms with E-state index in [0.29, 0.717) is 12.5 Å². The molecule has 0 aliphatic heterocycles. The SMILES string of the molecule is COCc1nc(C)cc(NCC(C)C)n1. The number of anilines is 1. The lowest BCUT2D eigenvalue weighted by molar-refractivity contribution is 0.177. The van der Waals surface area contributed by atoms with E-state index >= 15 is 0 Å². The number of aromatic nitrogens is 2. The Balaban J connectivity index is 2.70. The van der Waals surface area contributed by atoms with Crippen molar-refractivity contribution < 1.29 is 4.74 Å². The number of ether oxygens (including phenoxy) is 1.